The van der Waals surface area contributed by atoms with Gasteiger partial charge in [0.2, 0.25) is 0 Å². The van der Waals surface area contributed by atoms with Crippen LogP contribution in [0.25, 0.3) is 0 Å². The summed E-state index contributed by atoms with van der Waals surface area (Å²) < 4.78 is 11.4. The van der Waals surface area contributed by atoms with Gasteiger partial charge in [0, 0.05) is 43.3 Å². The number of hydrogen-bond acceptors (Lipinski definition) is 7. The molecule has 1 aromatic heterocycles. The molecule has 2 aromatic rings. The molecule has 2 fully saturated rings. The van der Waals surface area contributed by atoms with Gasteiger partial charge in [0.15, 0.2) is 0 Å². The molecule has 0 radical (unpaired) electrons. The lowest BCUT2D eigenvalue weighted by atomic mass is 9.73. The molecule has 2 saturated heterocycles. The number of benzene rings is 1. The van der Waals surface area contributed by atoms with Gasteiger partial charge in [0.1, 0.15) is 23.7 Å². The average molecular weight is 427 g/mol. The van der Waals surface area contributed by atoms with E-state index in [-0.39, 0.29) is 18.1 Å². The summed E-state index contributed by atoms with van der Waals surface area (Å²) in [6, 6.07) is 8.55. The van der Waals surface area contributed by atoms with E-state index in [2.05, 4.69) is 45.3 Å². The lowest BCUT2D eigenvalue weighted by molar-refractivity contribution is 0.0535. The highest BCUT2D eigenvalue weighted by atomic mass is 16.5. The predicted octanol–water partition coefficient (Wildman–Crippen LogP) is 3.31. The quantitative estimate of drug-likeness (QED) is 0.703. The van der Waals surface area contributed by atoms with Crippen molar-refractivity contribution in [2.24, 2.45) is 0 Å². The second-order valence-electron chi connectivity index (χ2n) is 8.74. The minimum Gasteiger partial charge on any atom is -0.496 e. The smallest absolute Gasteiger partial charge is 0.134 e. The zero-order valence-electron chi connectivity index (χ0n) is 18.6. The molecule has 1 atom stereocenters. The first-order valence-electron chi connectivity index (χ1n) is 11.3. The Morgan fingerprint density at radius 1 is 1.23 bits per heavy atom. The molecule has 1 unspecified atom stereocenters. The van der Waals surface area contributed by atoms with Gasteiger partial charge in [-0.1, -0.05) is 17.7 Å². The van der Waals surface area contributed by atoms with Crippen LogP contribution in [0.4, 0.5) is 11.6 Å². The number of nitrogens with one attached hydrogen (secondary N) is 1. The largest absolute Gasteiger partial charge is 0.496 e. The molecule has 0 spiro atoms. The molecule has 2 aliphatic heterocycles. The number of aliphatic hydroxyl groups is 1. The summed E-state index contributed by atoms with van der Waals surface area (Å²) in [5, 5.41) is 13.4. The normalized spacial score (nSPS) is 21.0. The van der Waals surface area contributed by atoms with Crippen molar-refractivity contribution < 1.29 is 14.6 Å². The van der Waals surface area contributed by atoms with Gasteiger partial charge in [0.25, 0.3) is 0 Å². The zero-order valence-corrected chi connectivity index (χ0v) is 18.6. The van der Waals surface area contributed by atoms with Crippen LogP contribution >= 0.6 is 0 Å². The summed E-state index contributed by atoms with van der Waals surface area (Å²) >= 11 is 0. The number of methoxy groups -OCH3 is 1. The average Bonchev–Trinajstić information content (AvgIpc) is 2.83. The number of hydrogen-bond donors (Lipinski definition) is 2. The standard InChI is InChI=1S/C24H34N4O3/c1-18-6-7-21(30-2)20(13-18)24(8-11-31-12-9-24)16-25-22-14-23(27-17-26-22)28-10-4-3-5-19(28)15-29/h6-7,13-14,17,19,29H,3-5,8-12,15-16H2,1-2H3,(H,25,26,27). The lowest BCUT2D eigenvalue weighted by Gasteiger charge is -2.39. The molecule has 3 heterocycles. The van der Waals surface area contributed by atoms with Gasteiger partial charge in [-0.3, -0.25) is 0 Å². The van der Waals surface area contributed by atoms with Crippen molar-refractivity contribution >= 4 is 11.6 Å². The fraction of sp³-hybridized carbons (Fsp3) is 0.583. The van der Waals surface area contributed by atoms with E-state index in [4.69, 9.17) is 9.47 Å². The number of nitrogens with zero attached hydrogens (tertiary/aromatic N) is 3. The van der Waals surface area contributed by atoms with Crippen molar-refractivity contribution in [3.63, 3.8) is 0 Å². The number of piperidine rings is 1. The molecule has 168 valence electrons. The first kappa shape index (κ1) is 21.8. The number of rotatable bonds is 7. The molecule has 7 heteroatoms. The summed E-state index contributed by atoms with van der Waals surface area (Å²) in [7, 11) is 1.74. The minimum absolute atomic E-state index is 0.0838. The Kier molecular flexibility index (Phi) is 6.92. The Labute approximate surface area is 184 Å². The Hall–Kier alpha value is -2.38. The lowest BCUT2D eigenvalue weighted by Crippen LogP contribution is -2.42. The van der Waals surface area contributed by atoms with Crippen molar-refractivity contribution in [1.29, 1.82) is 0 Å². The summed E-state index contributed by atoms with van der Waals surface area (Å²) in [6.07, 6.45) is 6.75. The van der Waals surface area contributed by atoms with Crippen LogP contribution in [-0.4, -0.2) is 61.1 Å². The maximum atomic E-state index is 9.77. The maximum absolute atomic E-state index is 9.77. The Balaban J connectivity index is 1.57. The van der Waals surface area contributed by atoms with Crippen molar-refractivity contribution in [2.45, 2.75) is 50.5 Å². The van der Waals surface area contributed by atoms with E-state index in [0.717, 1.165) is 75.8 Å². The Morgan fingerprint density at radius 3 is 2.84 bits per heavy atom. The number of aromatic nitrogens is 2. The minimum atomic E-state index is -0.0838. The van der Waals surface area contributed by atoms with Gasteiger partial charge >= 0.3 is 0 Å². The third kappa shape index (κ3) is 4.77. The molecule has 2 N–H and O–H groups in total. The Bertz CT molecular complexity index is 870. The van der Waals surface area contributed by atoms with Crippen molar-refractivity contribution in [3.8, 4) is 5.75 Å². The highest BCUT2D eigenvalue weighted by molar-refractivity contribution is 5.51. The van der Waals surface area contributed by atoms with Crippen molar-refractivity contribution in [3.05, 3.63) is 41.7 Å². The first-order chi connectivity index (χ1) is 15.1. The van der Waals surface area contributed by atoms with Gasteiger partial charge in [-0.25, -0.2) is 9.97 Å². The molecule has 0 aliphatic carbocycles. The summed E-state index contributed by atoms with van der Waals surface area (Å²) in [5.41, 5.74) is 2.38. The third-order valence-corrected chi connectivity index (χ3v) is 6.77. The molecule has 4 rings (SSSR count). The van der Waals surface area contributed by atoms with Crippen molar-refractivity contribution in [2.75, 3.05) is 50.2 Å². The molecule has 0 saturated carbocycles. The van der Waals surface area contributed by atoms with Gasteiger partial charge in [-0.05, 0) is 45.1 Å². The van der Waals surface area contributed by atoms with E-state index in [9.17, 15) is 5.11 Å². The molecule has 2 aliphatic rings. The van der Waals surface area contributed by atoms with Gasteiger partial charge in [-0.2, -0.15) is 0 Å². The number of aryl methyl sites for hydroxylation is 1. The molecule has 0 amide bonds. The number of ether oxygens (including phenoxy) is 2. The van der Waals surface area contributed by atoms with Crippen molar-refractivity contribution in [1.82, 2.24) is 9.97 Å². The van der Waals surface area contributed by atoms with Crippen LogP contribution in [0, 0.1) is 6.92 Å². The summed E-state index contributed by atoms with van der Waals surface area (Å²) in [6.45, 7) is 5.42. The van der Waals surface area contributed by atoms with Crippen LogP contribution in [0.3, 0.4) is 0 Å². The summed E-state index contributed by atoms with van der Waals surface area (Å²) in [4.78, 5) is 11.2. The maximum Gasteiger partial charge on any atom is 0.134 e. The van der Waals surface area contributed by atoms with Crippen LogP contribution in [0.2, 0.25) is 0 Å². The summed E-state index contributed by atoms with van der Waals surface area (Å²) in [5.74, 6) is 2.62. The topological polar surface area (TPSA) is 79.7 Å². The SMILES string of the molecule is COc1ccc(C)cc1C1(CNc2cc(N3CCCCC3CO)ncn2)CCOCC1. The molecule has 7 nitrogen and oxygen atoms in total. The second kappa shape index (κ2) is 9.83. The monoisotopic (exact) mass is 426 g/mol. The first-order valence-corrected chi connectivity index (χ1v) is 11.3. The highest BCUT2D eigenvalue weighted by Gasteiger charge is 2.37. The van der Waals surface area contributed by atoms with Gasteiger partial charge in [0.05, 0.1) is 19.8 Å². The van der Waals surface area contributed by atoms with Gasteiger partial charge in [-0.15, -0.1) is 0 Å². The molecule has 1 aromatic carbocycles. The van der Waals surface area contributed by atoms with E-state index < -0.39 is 0 Å². The van der Waals surface area contributed by atoms with Crippen LogP contribution in [0.5, 0.6) is 5.75 Å². The van der Waals surface area contributed by atoms with E-state index in [1.54, 1.807) is 13.4 Å². The highest BCUT2D eigenvalue weighted by Crippen LogP contribution is 2.40. The molecule has 31 heavy (non-hydrogen) atoms. The fourth-order valence-corrected chi connectivity index (χ4v) is 4.89. The van der Waals surface area contributed by atoms with E-state index in [1.165, 1.54) is 11.1 Å². The molecular formula is C24H34N4O3. The predicted molar refractivity (Wildman–Crippen MR) is 122 cm³/mol. The number of aliphatic hydroxyl groups excluding tert-OH is 1. The van der Waals surface area contributed by atoms with Crippen LogP contribution in [-0.2, 0) is 10.2 Å². The fourth-order valence-electron chi connectivity index (χ4n) is 4.89. The number of anilines is 2. The van der Waals surface area contributed by atoms with Gasteiger partial charge < -0.3 is 24.8 Å². The second-order valence-corrected chi connectivity index (χ2v) is 8.74. The van der Waals surface area contributed by atoms with Crippen LogP contribution < -0.4 is 15.0 Å². The van der Waals surface area contributed by atoms with Crippen LogP contribution in [0.15, 0.2) is 30.6 Å². The van der Waals surface area contributed by atoms with E-state index >= 15 is 0 Å². The van der Waals surface area contributed by atoms with Crippen LogP contribution in [0.1, 0.15) is 43.2 Å². The molecule has 0 bridgehead atoms. The van der Waals surface area contributed by atoms with E-state index in [1.807, 2.05) is 6.07 Å². The Morgan fingerprint density at radius 2 is 2.06 bits per heavy atom. The molecular weight excluding hydrogens is 392 g/mol. The third-order valence-electron chi connectivity index (χ3n) is 6.77. The van der Waals surface area contributed by atoms with E-state index in [0.29, 0.717) is 0 Å². The zero-order chi connectivity index (χ0) is 21.7.